The van der Waals surface area contributed by atoms with E-state index in [0.717, 1.165) is 0 Å². The zero-order valence-electron chi connectivity index (χ0n) is 9.30. The number of aryl methyl sites for hydroxylation is 1. The van der Waals surface area contributed by atoms with Crippen LogP contribution in [0.1, 0.15) is 32.8 Å². The van der Waals surface area contributed by atoms with Gasteiger partial charge in [-0.25, -0.2) is 0 Å². The molecule has 0 fully saturated rings. The van der Waals surface area contributed by atoms with E-state index < -0.39 is 0 Å². The minimum Gasteiger partial charge on any atom is -0.382 e. The Labute approximate surface area is 86.5 Å². The van der Waals surface area contributed by atoms with E-state index in [0.29, 0.717) is 11.5 Å². The van der Waals surface area contributed by atoms with Crippen LogP contribution in [0.15, 0.2) is 24.3 Å². The van der Waals surface area contributed by atoms with Crippen LogP contribution in [0.4, 0.5) is 5.69 Å². The van der Waals surface area contributed by atoms with Crippen molar-refractivity contribution in [2.24, 2.45) is 5.41 Å². The fourth-order valence-electron chi connectivity index (χ4n) is 2.09. The third-order valence-corrected chi connectivity index (χ3v) is 3.09. The van der Waals surface area contributed by atoms with Gasteiger partial charge in [-0.1, -0.05) is 39.0 Å². The minimum atomic E-state index is 0.355. The van der Waals surface area contributed by atoms with Crippen LogP contribution in [-0.2, 0) is 6.42 Å². The van der Waals surface area contributed by atoms with Gasteiger partial charge >= 0.3 is 0 Å². The Morgan fingerprint density at radius 3 is 2.64 bits per heavy atom. The highest BCUT2D eigenvalue weighted by Crippen LogP contribution is 2.32. The first-order chi connectivity index (χ1) is 6.57. The molecule has 1 aliphatic heterocycles. The van der Waals surface area contributed by atoms with Gasteiger partial charge in [-0.05, 0) is 29.9 Å². The average Bonchev–Trinajstić information content (AvgIpc) is 2.16. The molecule has 0 spiro atoms. The molecular formula is C13H19N. The lowest BCUT2D eigenvalue weighted by molar-refractivity contribution is 0.321. The van der Waals surface area contributed by atoms with Gasteiger partial charge in [-0.3, -0.25) is 0 Å². The van der Waals surface area contributed by atoms with Crippen LogP contribution in [0.5, 0.6) is 0 Å². The van der Waals surface area contributed by atoms with Gasteiger partial charge in [0.25, 0.3) is 0 Å². The molecular weight excluding hydrogens is 170 g/mol. The molecule has 0 aromatic heterocycles. The third kappa shape index (κ3) is 1.77. The number of para-hydroxylation sites is 1. The summed E-state index contributed by atoms with van der Waals surface area (Å²) in [5, 5.41) is 3.64. The van der Waals surface area contributed by atoms with Crippen molar-refractivity contribution in [3.05, 3.63) is 29.8 Å². The van der Waals surface area contributed by atoms with Crippen molar-refractivity contribution in [1.29, 1.82) is 0 Å². The van der Waals surface area contributed by atoms with Gasteiger partial charge in [0.05, 0.1) is 0 Å². The Hall–Kier alpha value is -0.980. The van der Waals surface area contributed by atoms with Crippen molar-refractivity contribution in [1.82, 2.24) is 0 Å². The van der Waals surface area contributed by atoms with Crippen molar-refractivity contribution >= 4 is 5.69 Å². The standard InChI is InChI=1S/C13H19N/c1-13(2,3)12-9-8-10-6-4-5-7-11(10)14-12/h4-7,12,14H,8-9H2,1-3H3. The first-order valence-electron chi connectivity index (χ1n) is 5.42. The lowest BCUT2D eigenvalue weighted by atomic mass is 9.81. The number of hydrogen-bond donors (Lipinski definition) is 1. The summed E-state index contributed by atoms with van der Waals surface area (Å²) in [5.41, 5.74) is 3.15. The first kappa shape index (κ1) is 9.57. The fraction of sp³-hybridized carbons (Fsp3) is 0.538. The van der Waals surface area contributed by atoms with Crippen molar-refractivity contribution in [2.75, 3.05) is 5.32 Å². The van der Waals surface area contributed by atoms with Crippen molar-refractivity contribution < 1.29 is 0 Å². The number of hydrogen-bond acceptors (Lipinski definition) is 1. The maximum atomic E-state index is 3.64. The van der Waals surface area contributed by atoms with E-state index in [1.807, 2.05) is 0 Å². The predicted molar refractivity (Wildman–Crippen MR) is 61.6 cm³/mol. The molecule has 1 aliphatic rings. The largest absolute Gasteiger partial charge is 0.382 e. The van der Waals surface area contributed by atoms with Gasteiger partial charge in [-0.15, -0.1) is 0 Å². The van der Waals surface area contributed by atoms with Gasteiger partial charge in [0.1, 0.15) is 0 Å². The van der Waals surface area contributed by atoms with Gasteiger partial charge in [0, 0.05) is 11.7 Å². The molecule has 1 nitrogen and oxygen atoms in total. The molecule has 1 heteroatoms. The summed E-state index contributed by atoms with van der Waals surface area (Å²) >= 11 is 0. The number of rotatable bonds is 0. The Kier molecular flexibility index (Phi) is 2.26. The summed E-state index contributed by atoms with van der Waals surface area (Å²) in [6.45, 7) is 6.91. The van der Waals surface area contributed by atoms with Crippen LogP contribution in [-0.4, -0.2) is 6.04 Å². The molecule has 0 radical (unpaired) electrons. The third-order valence-electron chi connectivity index (χ3n) is 3.09. The molecule has 0 aliphatic carbocycles. The van der Waals surface area contributed by atoms with Crippen molar-refractivity contribution in [3.63, 3.8) is 0 Å². The molecule has 0 amide bonds. The maximum Gasteiger partial charge on any atom is 0.0375 e. The summed E-state index contributed by atoms with van der Waals surface area (Å²) in [6, 6.07) is 9.25. The van der Waals surface area contributed by atoms with E-state index in [9.17, 15) is 0 Å². The lowest BCUT2D eigenvalue weighted by Gasteiger charge is -2.36. The monoisotopic (exact) mass is 189 g/mol. The molecule has 1 aromatic carbocycles. The van der Waals surface area contributed by atoms with E-state index in [-0.39, 0.29) is 0 Å². The van der Waals surface area contributed by atoms with Crippen LogP contribution in [0.2, 0.25) is 0 Å². The number of nitrogens with one attached hydrogen (secondary N) is 1. The minimum absolute atomic E-state index is 0.355. The molecule has 1 unspecified atom stereocenters. The molecule has 1 heterocycles. The smallest absolute Gasteiger partial charge is 0.0375 e. The summed E-state index contributed by atoms with van der Waals surface area (Å²) in [4.78, 5) is 0. The second-order valence-electron chi connectivity index (χ2n) is 5.26. The predicted octanol–water partition coefficient (Wildman–Crippen LogP) is 3.46. The van der Waals surface area contributed by atoms with Crippen LogP contribution >= 0.6 is 0 Å². The Morgan fingerprint density at radius 1 is 1.21 bits per heavy atom. The second kappa shape index (κ2) is 3.30. The summed E-state index contributed by atoms with van der Waals surface area (Å²) in [5.74, 6) is 0. The Morgan fingerprint density at radius 2 is 1.93 bits per heavy atom. The lowest BCUT2D eigenvalue weighted by Crippen LogP contribution is -2.37. The van der Waals surface area contributed by atoms with Crippen molar-refractivity contribution in [2.45, 2.75) is 39.7 Å². The van der Waals surface area contributed by atoms with E-state index in [1.165, 1.54) is 24.1 Å². The quantitative estimate of drug-likeness (QED) is 0.659. The van der Waals surface area contributed by atoms with E-state index in [2.05, 4.69) is 50.4 Å². The summed E-state index contributed by atoms with van der Waals surface area (Å²) < 4.78 is 0. The molecule has 0 bridgehead atoms. The zero-order chi connectivity index (χ0) is 10.2. The number of benzene rings is 1. The van der Waals surface area contributed by atoms with Gasteiger partial charge in [0.2, 0.25) is 0 Å². The summed E-state index contributed by atoms with van der Waals surface area (Å²) in [7, 11) is 0. The maximum absolute atomic E-state index is 3.64. The highest BCUT2D eigenvalue weighted by Gasteiger charge is 2.27. The second-order valence-corrected chi connectivity index (χ2v) is 5.26. The molecule has 14 heavy (non-hydrogen) atoms. The normalized spacial score (nSPS) is 21.2. The van der Waals surface area contributed by atoms with E-state index in [1.54, 1.807) is 0 Å². The molecule has 1 aromatic rings. The van der Waals surface area contributed by atoms with Crippen LogP contribution in [0.3, 0.4) is 0 Å². The van der Waals surface area contributed by atoms with Crippen LogP contribution in [0, 0.1) is 5.41 Å². The zero-order valence-corrected chi connectivity index (χ0v) is 9.30. The summed E-state index contributed by atoms with van der Waals surface area (Å²) in [6.07, 6.45) is 2.46. The molecule has 0 saturated carbocycles. The van der Waals surface area contributed by atoms with E-state index >= 15 is 0 Å². The Bertz CT molecular complexity index is 322. The number of anilines is 1. The van der Waals surface area contributed by atoms with Gasteiger partial charge in [0.15, 0.2) is 0 Å². The molecule has 76 valence electrons. The first-order valence-corrected chi connectivity index (χ1v) is 5.42. The molecule has 1 atom stereocenters. The van der Waals surface area contributed by atoms with Gasteiger partial charge < -0.3 is 5.32 Å². The molecule has 2 rings (SSSR count). The number of fused-ring (bicyclic) bond motifs is 1. The van der Waals surface area contributed by atoms with E-state index in [4.69, 9.17) is 0 Å². The van der Waals surface area contributed by atoms with Crippen LogP contribution in [0.25, 0.3) is 0 Å². The van der Waals surface area contributed by atoms with Gasteiger partial charge in [-0.2, -0.15) is 0 Å². The van der Waals surface area contributed by atoms with Crippen LogP contribution < -0.4 is 5.32 Å². The SMILES string of the molecule is CC(C)(C)C1CCc2ccccc2N1. The molecule has 1 N–H and O–H groups in total. The average molecular weight is 189 g/mol. The fourth-order valence-corrected chi connectivity index (χ4v) is 2.09. The Balaban J connectivity index is 2.22. The highest BCUT2D eigenvalue weighted by atomic mass is 14.9. The molecule has 0 saturated heterocycles. The highest BCUT2D eigenvalue weighted by molar-refractivity contribution is 5.54. The van der Waals surface area contributed by atoms with Crippen molar-refractivity contribution in [3.8, 4) is 0 Å². The topological polar surface area (TPSA) is 12.0 Å².